The molecule has 0 unspecified atom stereocenters. The van der Waals surface area contributed by atoms with Crippen LogP contribution in [0.3, 0.4) is 0 Å². The number of halogens is 2. The number of nitrogens with zero attached hydrogens (tertiary/aromatic N) is 2. The van der Waals surface area contributed by atoms with Crippen molar-refractivity contribution in [3.05, 3.63) is 60.2 Å². The summed E-state index contributed by atoms with van der Waals surface area (Å²) >= 11 is 0. The van der Waals surface area contributed by atoms with Gasteiger partial charge in [0.25, 0.3) is 0 Å². The van der Waals surface area contributed by atoms with E-state index in [0.29, 0.717) is 0 Å². The molecular weight excluding hydrogens is 383 g/mol. The van der Waals surface area contributed by atoms with Gasteiger partial charge in [0, 0.05) is 33.7 Å². The Bertz CT molecular complexity index is 562. The van der Waals surface area contributed by atoms with Gasteiger partial charge in [0.15, 0.2) is 0 Å². The van der Waals surface area contributed by atoms with Crippen LogP contribution in [0.2, 0.25) is 0 Å². The van der Waals surface area contributed by atoms with Gasteiger partial charge in [-0.1, -0.05) is 27.7 Å². The van der Waals surface area contributed by atoms with Crippen LogP contribution in [-0.4, -0.2) is 6.79 Å². The van der Waals surface area contributed by atoms with Crippen molar-refractivity contribution in [1.29, 1.82) is 0 Å². The van der Waals surface area contributed by atoms with E-state index in [1.54, 1.807) is 9.46 Å². The van der Waals surface area contributed by atoms with E-state index in [9.17, 15) is 0 Å². The Labute approximate surface area is 176 Å². The van der Waals surface area contributed by atoms with Gasteiger partial charge in [0.05, 0.1) is 0 Å². The van der Waals surface area contributed by atoms with Gasteiger partial charge in [-0.05, 0) is 48.6 Å². The van der Waals surface area contributed by atoms with Crippen molar-refractivity contribution < 1.29 is 44.0 Å². The minimum Gasteiger partial charge on any atom is -1.00 e. The summed E-state index contributed by atoms with van der Waals surface area (Å²) in [6.45, 7) is 9.15. The fourth-order valence-corrected chi connectivity index (χ4v) is 2.45. The predicted molar refractivity (Wildman–Crippen MR) is 97.6 cm³/mol. The molecule has 0 fully saturated rings. The zero-order chi connectivity index (χ0) is 18.1. The van der Waals surface area contributed by atoms with Gasteiger partial charge in [-0.3, -0.25) is 0 Å². The molecule has 2 rings (SSSR count). The molecule has 0 spiro atoms. The minimum absolute atomic E-state index is 0. The number of hydrogen-bond donors (Lipinski definition) is 0. The van der Waals surface area contributed by atoms with Crippen molar-refractivity contribution in [1.82, 2.24) is 0 Å². The molecule has 4 nitrogen and oxygen atoms in total. The van der Waals surface area contributed by atoms with Gasteiger partial charge >= 0.3 is 6.79 Å². The SMILES string of the molecule is CC(C)CCc1cc[n+](OCO[n+]2ccc(CCC(C)C)cc2)cc1.[Cl-].[Cl-]. The van der Waals surface area contributed by atoms with Crippen LogP contribution in [0.4, 0.5) is 0 Å². The maximum absolute atomic E-state index is 5.57. The molecule has 0 radical (unpaired) electrons. The number of rotatable bonds is 10. The molecule has 0 aliphatic heterocycles. The number of pyridine rings is 2. The molecule has 2 heterocycles. The second kappa shape index (κ2) is 13.6. The second-order valence-corrected chi connectivity index (χ2v) is 7.37. The van der Waals surface area contributed by atoms with Crippen LogP contribution >= 0.6 is 0 Å². The van der Waals surface area contributed by atoms with E-state index >= 15 is 0 Å². The third-order valence-corrected chi connectivity index (χ3v) is 4.17. The smallest absolute Gasteiger partial charge is 0.364 e. The summed E-state index contributed by atoms with van der Waals surface area (Å²) in [5.74, 6) is 1.46. The molecule has 0 bridgehead atoms. The van der Waals surface area contributed by atoms with Gasteiger partial charge in [-0.15, -0.1) is 0 Å². The van der Waals surface area contributed by atoms with Gasteiger partial charge in [-0.2, -0.15) is 0 Å². The summed E-state index contributed by atoms with van der Waals surface area (Å²) in [6.07, 6.45) is 12.3. The Balaban J connectivity index is 0.00000338. The van der Waals surface area contributed by atoms with E-state index in [1.165, 1.54) is 24.0 Å². The molecule has 0 aliphatic carbocycles. The summed E-state index contributed by atoms with van der Waals surface area (Å²) < 4.78 is 3.35. The van der Waals surface area contributed by atoms with Gasteiger partial charge in [0.1, 0.15) is 0 Å². The average Bonchev–Trinajstić information content (AvgIpc) is 2.60. The summed E-state index contributed by atoms with van der Waals surface area (Å²) in [4.78, 5) is 11.1. The normalized spacial score (nSPS) is 10.3. The van der Waals surface area contributed by atoms with Crippen LogP contribution in [0.5, 0.6) is 0 Å². The summed E-state index contributed by atoms with van der Waals surface area (Å²) in [6, 6.07) is 8.39. The number of hydrogen-bond acceptors (Lipinski definition) is 2. The lowest BCUT2D eigenvalue weighted by molar-refractivity contribution is -0.950. The highest BCUT2D eigenvalue weighted by Gasteiger charge is 2.07. The first-order valence-electron chi connectivity index (χ1n) is 9.30. The Morgan fingerprint density at radius 3 is 1.30 bits per heavy atom. The topological polar surface area (TPSA) is 26.2 Å². The Morgan fingerprint density at radius 2 is 1.00 bits per heavy atom. The molecule has 0 N–H and O–H groups in total. The van der Waals surface area contributed by atoms with E-state index in [2.05, 4.69) is 52.0 Å². The Hall–Kier alpha value is -1.52. The first-order chi connectivity index (χ1) is 12.0. The van der Waals surface area contributed by atoms with Crippen molar-refractivity contribution >= 4 is 0 Å². The van der Waals surface area contributed by atoms with Crippen molar-refractivity contribution in [3.63, 3.8) is 0 Å². The zero-order valence-electron chi connectivity index (χ0n) is 16.8. The van der Waals surface area contributed by atoms with E-state index < -0.39 is 0 Å². The average molecular weight is 415 g/mol. The lowest BCUT2D eigenvalue weighted by atomic mass is 10.0. The van der Waals surface area contributed by atoms with Crippen LogP contribution in [0, 0.1) is 11.8 Å². The highest BCUT2D eigenvalue weighted by Crippen LogP contribution is 2.07. The second-order valence-electron chi connectivity index (χ2n) is 7.37. The molecule has 0 aromatic carbocycles. The van der Waals surface area contributed by atoms with E-state index in [0.717, 1.165) is 24.7 Å². The molecule has 0 saturated heterocycles. The van der Waals surface area contributed by atoms with Crippen LogP contribution < -0.4 is 44.0 Å². The Kier molecular flexibility index (Phi) is 12.9. The maximum atomic E-state index is 5.57. The van der Waals surface area contributed by atoms with Crippen molar-refractivity contribution in [3.8, 4) is 0 Å². The zero-order valence-corrected chi connectivity index (χ0v) is 18.3. The summed E-state index contributed by atoms with van der Waals surface area (Å²) in [5, 5.41) is 0. The third-order valence-electron chi connectivity index (χ3n) is 4.17. The largest absolute Gasteiger partial charge is 1.00 e. The van der Waals surface area contributed by atoms with Gasteiger partial charge in [-0.25, -0.2) is 9.68 Å². The number of aryl methyl sites for hydroxylation is 2. The van der Waals surface area contributed by atoms with E-state index in [4.69, 9.17) is 9.68 Å². The highest BCUT2D eigenvalue weighted by molar-refractivity contribution is 5.07. The quantitative estimate of drug-likeness (QED) is 0.305. The van der Waals surface area contributed by atoms with E-state index in [-0.39, 0.29) is 31.6 Å². The minimum atomic E-state index is 0. The molecule has 6 heteroatoms. The Morgan fingerprint density at radius 1 is 0.667 bits per heavy atom. The van der Waals surface area contributed by atoms with Crippen LogP contribution in [0.15, 0.2) is 49.1 Å². The molecule has 27 heavy (non-hydrogen) atoms. The molecule has 152 valence electrons. The molecular formula is C21H32Cl2N2O2. The maximum Gasteiger partial charge on any atom is 0.364 e. The first-order valence-corrected chi connectivity index (χ1v) is 9.30. The summed E-state index contributed by atoms with van der Waals surface area (Å²) in [7, 11) is 0. The summed E-state index contributed by atoms with van der Waals surface area (Å²) in [5.41, 5.74) is 2.67. The van der Waals surface area contributed by atoms with Crippen LogP contribution in [0.25, 0.3) is 0 Å². The van der Waals surface area contributed by atoms with Crippen molar-refractivity contribution in [2.45, 2.75) is 53.4 Å². The molecule has 0 aliphatic rings. The first kappa shape index (κ1) is 25.5. The van der Waals surface area contributed by atoms with Crippen molar-refractivity contribution in [2.75, 3.05) is 6.79 Å². The molecule has 2 aromatic heterocycles. The van der Waals surface area contributed by atoms with Gasteiger partial charge in [0.2, 0.25) is 24.8 Å². The fourth-order valence-electron chi connectivity index (χ4n) is 2.45. The molecule has 2 aromatic rings. The van der Waals surface area contributed by atoms with Crippen LogP contribution in [0.1, 0.15) is 51.7 Å². The lowest BCUT2D eigenvalue weighted by Gasteiger charge is -2.04. The third kappa shape index (κ3) is 10.4. The highest BCUT2D eigenvalue weighted by atomic mass is 35.5. The standard InChI is InChI=1S/C21H32N2O2.2ClH/c1-18(2)5-7-20-9-13-22(14-10-20)24-17-25-23-15-11-21(12-16-23)8-6-19(3)4;;/h9-16,18-19H,5-8,17H2,1-4H3;2*1H/q+2;;/p-2. The molecule has 0 amide bonds. The predicted octanol–water partition coefficient (Wildman–Crippen LogP) is -3.04. The monoisotopic (exact) mass is 414 g/mol. The molecule has 0 atom stereocenters. The number of aromatic nitrogens is 2. The van der Waals surface area contributed by atoms with Crippen LogP contribution in [-0.2, 0) is 12.8 Å². The van der Waals surface area contributed by atoms with Gasteiger partial charge < -0.3 is 24.8 Å². The lowest BCUT2D eigenvalue weighted by Crippen LogP contribution is -3.00. The molecule has 0 saturated carbocycles. The van der Waals surface area contributed by atoms with E-state index in [1.807, 2.05) is 24.8 Å². The fraction of sp³-hybridized carbons (Fsp3) is 0.524. The van der Waals surface area contributed by atoms with Crippen molar-refractivity contribution in [2.24, 2.45) is 11.8 Å².